The summed E-state index contributed by atoms with van der Waals surface area (Å²) in [6, 6.07) is 5.34. The van der Waals surface area contributed by atoms with Crippen molar-refractivity contribution in [2.75, 3.05) is 11.1 Å². The zero-order valence-electron chi connectivity index (χ0n) is 10.7. The highest BCUT2D eigenvalue weighted by Gasteiger charge is 2.13. The fraction of sp³-hybridized carbons (Fsp3) is 0.143. The van der Waals surface area contributed by atoms with Gasteiger partial charge in [0.15, 0.2) is 0 Å². The van der Waals surface area contributed by atoms with Crippen molar-refractivity contribution in [3.05, 3.63) is 52.3 Å². The highest BCUT2D eigenvalue weighted by Crippen LogP contribution is 2.28. The Balaban J connectivity index is 2.32. The highest BCUT2D eigenvalue weighted by molar-refractivity contribution is 6.34. The van der Waals surface area contributed by atoms with Crippen LogP contribution < -0.4 is 11.1 Å². The average molecular weight is 276 g/mol. The normalized spacial score (nSPS) is 10.3. The van der Waals surface area contributed by atoms with E-state index in [1.54, 1.807) is 12.1 Å². The molecule has 2 rings (SSSR count). The van der Waals surface area contributed by atoms with Crippen molar-refractivity contribution in [3.63, 3.8) is 0 Å². The van der Waals surface area contributed by atoms with E-state index in [2.05, 4.69) is 10.3 Å². The van der Waals surface area contributed by atoms with Crippen LogP contribution in [-0.4, -0.2) is 10.9 Å². The minimum atomic E-state index is -0.320. The van der Waals surface area contributed by atoms with Crippen LogP contribution in [0.25, 0.3) is 0 Å². The van der Waals surface area contributed by atoms with Crippen molar-refractivity contribution in [2.45, 2.75) is 13.8 Å². The molecule has 0 spiro atoms. The number of rotatable bonds is 2. The van der Waals surface area contributed by atoms with Gasteiger partial charge in [0.1, 0.15) is 0 Å². The summed E-state index contributed by atoms with van der Waals surface area (Å²) in [6.45, 7) is 3.84. The molecule has 0 aliphatic heterocycles. The number of benzene rings is 1. The predicted octanol–water partition coefficient (Wildman–Crippen LogP) is 3.19. The second-order valence-electron chi connectivity index (χ2n) is 4.36. The van der Waals surface area contributed by atoms with Gasteiger partial charge in [0.05, 0.1) is 16.3 Å². The lowest BCUT2D eigenvalue weighted by molar-refractivity contribution is 0.102. The van der Waals surface area contributed by atoms with Gasteiger partial charge in [0, 0.05) is 18.1 Å². The van der Waals surface area contributed by atoms with Crippen LogP contribution >= 0.6 is 11.6 Å². The van der Waals surface area contributed by atoms with Crippen molar-refractivity contribution in [1.82, 2.24) is 4.98 Å². The van der Waals surface area contributed by atoms with E-state index >= 15 is 0 Å². The van der Waals surface area contributed by atoms with Gasteiger partial charge >= 0.3 is 0 Å². The van der Waals surface area contributed by atoms with Crippen molar-refractivity contribution < 1.29 is 4.79 Å². The van der Waals surface area contributed by atoms with E-state index in [0.717, 1.165) is 11.1 Å². The van der Waals surface area contributed by atoms with E-state index in [1.165, 1.54) is 12.4 Å². The zero-order valence-corrected chi connectivity index (χ0v) is 11.5. The number of carbonyl (C=O) groups is 1. The first-order valence-electron chi connectivity index (χ1n) is 5.76. The van der Waals surface area contributed by atoms with Crippen LogP contribution in [0, 0.1) is 13.8 Å². The summed E-state index contributed by atoms with van der Waals surface area (Å²) in [4.78, 5) is 16.0. The molecule has 0 saturated carbocycles. The van der Waals surface area contributed by atoms with Crippen LogP contribution in [0.4, 0.5) is 11.4 Å². The molecule has 3 N–H and O–H groups in total. The van der Waals surface area contributed by atoms with E-state index < -0.39 is 0 Å². The van der Waals surface area contributed by atoms with E-state index in [-0.39, 0.29) is 5.91 Å². The van der Waals surface area contributed by atoms with Gasteiger partial charge in [-0.25, -0.2) is 0 Å². The average Bonchev–Trinajstić information content (AvgIpc) is 2.34. The summed E-state index contributed by atoms with van der Waals surface area (Å²) in [5, 5.41) is 3.28. The third-order valence-electron chi connectivity index (χ3n) is 2.77. The van der Waals surface area contributed by atoms with Crippen LogP contribution in [0.1, 0.15) is 21.5 Å². The molecule has 98 valence electrons. The number of nitrogens with one attached hydrogen (secondary N) is 1. The zero-order chi connectivity index (χ0) is 14.0. The highest BCUT2D eigenvalue weighted by atomic mass is 35.5. The summed E-state index contributed by atoms with van der Waals surface area (Å²) in [5.41, 5.74) is 9.00. The molecule has 1 heterocycles. The molecule has 0 fully saturated rings. The van der Waals surface area contributed by atoms with E-state index in [0.29, 0.717) is 22.0 Å². The van der Waals surface area contributed by atoms with Crippen molar-refractivity contribution in [2.24, 2.45) is 0 Å². The van der Waals surface area contributed by atoms with Crippen LogP contribution in [0.3, 0.4) is 0 Å². The Morgan fingerprint density at radius 3 is 2.74 bits per heavy atom. The lowest BCUT2D eigenvalue weighted by Gasteiger charge is -2.12. The largest absolute Gasteiger partial charge is 0.398 e. The van der Waals surface area contributed by atoms with Crippen molar-refractivity contribution in [1.29, 1.82) is 0 Å². The summed E-state index contributed by atoms with van der Waals surface area (Å²) >= 11 is 6.14. The molecule has 19 heavy (non-hydrogen) atoms. The first-order chi connectivity index (χ1) is 8.99. The number of amides is 1. The van der Waals surface area contributed by atoms with Crippen LogP contribution in [0.15, 0.2) is 30.6 Å². The molecule has 5 heteroatoms. The number of aromatic nitrogens is 1. The molecule has 1 aromatic heterocycles. The Hall–Kier alpha value is -2.07. The van der Waals surface area contributed by atoms with Crippen molar-refractivity contribution >= 4 is 28.9 Å². The Morgan fingerprint density at radius 1 is 1.37 bits per heavy atom. The molecule has 0 aliphatic rings. The molecule has 0 bridgehead atoms. The Bertz CT molecular complexity index is 617. The lowest BCUT2D eigenvalue weighted by atomic mass is 10.1. The molecular formula is C14H14ClN3O. The fourth-order valence-corrected chi connectivity index (χ4v) is 2.22. The Labute approximate surface area is 116 Å². The van der Waals surface area contributed by atoms with Crippen LogP contribution in [0.2, 0.25) is 5.02 Å². The number of hydrogen-bond acceptors (Lipinski definition) is 3. The molecule has 0 radical (unpaired) electrons. The molecule has 2 aromatic rings. The van der Waals surface area contributed by atoms with Gasteiger partial charge < -0.3 is 11.1 Å². The summed E-state index contributed by atoms with van der Waals surface area (Å²) < 4.78 is 0. The van der Waals surface area contributed by atoms with Gasteiger partial charge in [-0.1, -0.05) is 17.7 Å². The lowest BCUT2D eigenvalue weighted by Crippen LogP contribution is -2.15. The minimum absolute atomic E-state index is 0.320. The molecule has 0 saturated heterocycles. The maximum Gasteiger partial charge on any atom is 0.259 e. The SMILES string of the molecule is Cc1cc(C)c(NC(=O)c2cnccc2N)c(Cl)c1. The van der Waals surface area contributed by atoms with E-state index in [1.807, 2.05) is 19.9 Å². The fourth-order valence-electron chi connectivity index (χ4n) is 1.85. The van der Waals surface area contributed by atoms with Crippen molar-refractivity contribution in [3.8, 4) is 0 Å². The topological polar surface area (TPSA) is 68.0 Å². The standard InChI is InChI=1S/C14H14ClN3O/c1-8-5-9(2)13(11(15)6-8)18-14(19)10-7-17-4-3-12(10)16/h3-7H,1-2H3,(H2,16,17)(H,18,19). The quantitative estimate of drug-likeness (QED) is 0.884. The number of nitrogens with zero attached hydrogens (tertiary/aromatic N) is 1. The number of anilines is 2. The molecular weight excluding hydrogens is 262 g/mol. The second-order valence-corrected chi connectivity index (χ2v) is 4.76. The number of carbonyl (C=O) groups excluding carboxylic acids is 1. The molecule has 0 aliphatic carbocycles. The summed E-state index contributed by atoms with van der Waals surface area (Å²) in [7, 11) is 0. The smallest absolute Gasteiger partial charge is 0.259 e. The third-order valence-corrected chi connectivity index (χ3v) is 3.07. The monoisotopic (exact) mass is 275 g/mol. The molecule has 4 nitrogen and oxygen atoms in total. The van der Waals surface area contributed by atoms with Gasteiger partial charge in [0.25, 0.3) is 5.91 Å². The number of halogens is 1. The van der Waals surface area contributed by atoms with Crippen LogP contribution in [-0.2, 0) is 0 Å². The number of nitrogen functional groups attached to an aromatic ring is 1. The van der Waals surface area contributed by atoms with E-state index in [4.69, 9.17) is 17.3 Å². The van der Waals surface area contributed by atoms with E-state index in [9.17, 15) is 4.79 Å². The van der Waals surface area contributed by atoms with Gasteiger partial charge in [0.2, 0.25) is 0 Å². The maximum atomic E-state index is 12.1. The Morgan fingerprint density at radius 2 is 2.11 bits per heavy atom. The Kier molecular flexibility index (Phi) is 3.71. The predicted molar refractivity (Wildman–Crippen MR) is 77.5 cm³/mol. The van der Waals surface area contributed by atoms with Gasteiger partial charge in [-0.2, -0.15) is 0 Å². The maximum absolute atomic E-state index is 12.1. The third kappa shape index (κ3) is 2.85. The number of aryl methyl sites for hydroxylation is 2. The second kappa shape index (κ2) is 5.28. The summed E-state index contributed by atoms with van der Waals surface area (Å²) in [5.74, 6) is -0.320. The molecule has 1 aromatic carbocycles. The molecule has 1 amide bonds. The van der Waals surface area contributed by atoms with Gasteiger partial charge in [-0.05, 0) is 37.1 Å². The minimum Gasteiger partial charge on any atom is -0.398 e. The molecule has 0 unspecified atom stereocenters. The number of nitrogens with two attached hydrogens (primary N) is 1. The van der Waals surface area contributed by atoms with Gasteiger partial charge in [-0.3, -0.25) is 9.78 Å². The first kappa shape index (κ1) is 13.4. The molecule has 0 atom stereocenters. The summed E-state index contributed by atoms with van der Waals surface area (Å²) in [6.07, 6.45) is 2.97. The first-order valence-corrected chi connectivity index (χ1v) is 6.14. The number of pyridine rings is 1. The van der Waals surface area contributed by atoms with Crippen LogP contribution in [0.5, 0.6) is 0 Å². The number of hydrogen-bond donors (Lipinski definition) is 2. The van der Waals surface area contributed by atoms with Gasteiger partial charge in [-0.15, -0.1) is 0 Å².